The fourth-order valence-corrected chi connectivity index (χ4v) is 3.02. The van der Waals surface area contributed by atoms with Gasteiger partial charge >= 0.3 is 6.18 Å². The zero-order valence-corrected chi connectivity index (χ0v) is 13.7. The molecule has 8 heteroatoms. The van der Waals surface area contributed by atoms with E-state index in [1.54, 1.807) is 12.1 Å². The van der Waals surface area contributed by atoms with Crippen molar-refractivity contribution in [1.29, 1.82) is 0 Å². The molecule has 3 N–H and O–H groups in total. The molecule has 1 fully saturated rings. The highest BCUT2D eigenvalue weighted by atomic mass is 35.5. The molecule has 1 aliphatic rings. The number of anilines is 1. The van der Waals surface area contributed by atoms with Crippen LogP contribution in [-0.4, -0.2) is 11.9 Å². The molecular weight excluding hydrogens is 355 g/mol. The number of amides is 1. The Morgan fingerprint density at radius 2 is 1.76 bits per heavy atom. The first-order chi connectivity index (χ1) is 11.9. The van der Waals surface area contributed by atoms with Crippen LogP contribution in [0.15, 0.2) is 48.5 Å². The molecule has 1 saturated heterocycles. The third-order valence-electron chi connectivity index (χ3n) is 3.99. The van der Waals surface area contributed by atoms with Gasteiger partial charge < -0.3 is 5.32 Å². The SMILES string of the molecule is O=C(Nc1ccccc1C(F)(F)F)C1CC(c2ccccc2Cl)NN1. The summed E-state index contributed by atoms with van der Waals surface area (Å²) in [6.45, 7) is 0. The zero-order valence-electron chi connectivity index (χ0n) is 12.9. The molecule has 0 radical (unpaired) electrons. The first-order valence-electron chi connectivity index (χ1n) is 7.59. The van der Waals surface area contributed by atoms with Gasteiger partial charge in [0.1, 0.15) is 6.04 Å². The van der Waals surface area contributed by atoms with Gasteiger partial charge in [-0.05, 0) is 30.2 Å². The number of hydrazine groups is 1. The average Bonchev–Trinajstić information content (AvgIpc) is 3.04. The van der Waals surface area contributed by atoms with E-state index >= 15 is 0 Å². The van der Waals surface area contributed by atoms with Crippen LogP contribution in [0.1, 0.15) is 23.6 Å². The van der Waals surface area contributed by atoms with Gasteiger partial charge in [0.2, 0.25) is 5.91 Å². The van der Waals surface area contributed by atoms with Crippen LogP contribution in [0.2, 0.25) is 5.02 Å². The number of hydrogen-bond donors (Lipinski definition) is 3. The van der Waals surface area contributed by atoms with E-state index in [2.05, 4.69) is 16.2 Å². The van der Waals surface area contributed by atoms with E-state index in [1.807, 2.05) is 12.1 Å². The predicted molar refractivity (Wildman–Crippen MR) is 88.9 cm³/mol. The number of hydrogen-bond acceptors (Lipinski definition) is 3. The van der Waals surface area contributed by atoms with Gasteiger partial charge in [-0.15, -0.1) is 0 Å². The summed E-state index contributed by atoms with van der Waals surface area (Å²) >= 11 is 6.14. The second-order valence-electron chi connectivity index (χ2n) is 5.68. The van der Waals surface area contributed by atoms with Gasteiger partial charge in [0.15, 0.2) is 0 Å². The molecule has 132 valence electrons. The van der Waals surface area contributed by atoms with Gasteiger partial charge in [-0.25, -0.2) is 10.9 Å². The molecule has 1 aliphatic heterocycles. The second-order valence-corrected chi connectivity index (χ2v) is 6.09. The number of halogens is 4. The first-order valence-corrected chi connectivity index (χ1v) is 7.96. The molecule has 2 aromatic carbocycles. The molecule has 0 saturated carbocycles. The van der Waals surface area contributed by atoms with Crippen LogP contribution < -0.4 is 16.2 Å². The Balaban J connectivity index is 1.71. The monoisotopic (exact) mass is 369 g/mol. The average molecular weight is 370 g/mol. The summed E-state index contributed by atoms with van der Waals surface area (Å²) in [5, 5.41) is 2.91. The largest absolute Gasteiger partial charge is 0.418 e. The number of rotatable bonds is 3. The van der Waals surface area contributed by atoms with Crippen LogP contribution >= 0.6 is 11.6 Å². The maximum absolute atomic E-state index is 13.0. The standard InChI is InChI=1S/C17H15ClF3N3O/c18-12-7-3-1-5-10(12)14-9-15(24-23-14)16(25)22-13-8-4-2-6-11(13)17(19,20)21/h1-8,14-15,23-24H,9H2,(H,22,25). The highest BCUT2D eigenvalue weighted by Crippen LogP contribution is 2.35. The highest BCUT2D eigenvalue weighted by Gasteiger charge is 2.35. The molecule has 0 aromatic heterocycles. The molecule has 2 unspecified atom stereocenters. The normalized spacial score (nSPS) is 20.5. The number of nitrogens with one attached hydrogen (secondary N) is 3. The number of carbonyl (C=O) groups excluding carboxylic acids is 1. The Labute approximate surface area is 147 Å². The van der Waals surface area contributed by atoms with Crippen molar-refractivity contribution in [1.82, 2.24) is 10.9 Å². The van der Waals surface area contributed by atoms with Crippen LogP contribution in [0.5, 0.6) is 0 Å². The Morgan fingerprint density at radius 3 is 2.48 bits per heavy atom. The summed E-state index contributed by atoms with van der Waals surface area (Å²) in [5.41, 5.74) is 5.45. The van der Waals surface area contributed by atoms with Gasteiger partial charge in [-0.3, -0.25) is 4.79 Å². The summed E-state index contributed by atoms with van der Waals surface area (Å²) in [7, 11) is 0. The van der Waals surface area contributed by atoms with E-state index in [-0.39, 0.29) is 11.7 Å². The van der Waals surface area contributed by atoms with Crippen molar-refractivity contribution in [3.8, 4) is 0 Å². The lowest BCUT2D eigenvalue weighted by atomic mass is 10.0. The molecule has 3 rings (SSSR count). The summed E-state index contributed by atoms with van der Waals surface area (Å²) in [5.74, 6) is -0.543. The summed E-state index contributed by atoms with van der Waals surface area (Å²) in [6.07, 6.45) is -4.17. The number of benzene rings is 2. The maximum atomic E-state index is 13.0. The van der Waals surface area contributed by atoms with E-state index in [1.165, 1.54) is 18.2 Å². The van der Waals surface area contributed by atoms with Crippen molar-refractivity contribution >= 4 is 23.2 Å². The van der Waals surface area contributed by atoms with Crippen molar-refractivity contribution in [3.63, 3.8) is 0 Å². The van der Waals surface area contributed by atoms with Gasteiger partial charge in [0, 0.05) is 11.1 Å². The lowest BCUT2D eigenvalue weighted by Crippen LogP contribution is -2.39. The Bertz CT molecular complexity index is 782. The van der Waals surface area contributed by atoms with Crippen LogP contribution in [0.25, 0.3) is 0 Å². The van der Waals surface area contributed by atoms with E-state index in [4.69, 9.17) is 11.6 Å². The van der Waals surface area contributed by atoms with E-state index in [0.717, 1.165) is 11.6 Å². The number of carbonyl (C=O) groups is 1. The van der Waals surface area contributed by atoms with Crippen LogP contribution in [0, 0.1) is 0 Å². The minimum absolute atomic E-state index is 0.206. The molecular formula is C17H15ClF3N3O. The van der Waals surface area contributed by atoms with Gasteiger partial charge in [-0.1, -0.05) is 41.9 Å². The minimum atomic E-state index is -4.54. The molecule has 2 atom stereocenters. The Morgan fingerprint density at radius 1 is 1.08 bits per heavy atom. The fraction of sp³-hybridized carbons (Fsp3) is 0.235. The maximum Gasteiger partial charge on any atom is 0.418 e. The molecule has 2 aromatic rings. The van der Waals surface area contributed by atoms with Crippen molar-refractivity contribution in [2.45, 2.75) is 24.7 Å². The molecule has 1 heterocycles. The lowest BCUT2D eigenvalue weighted by molar-refractivity contribution is -0.137. The summed E-state index contributed by atoms with van der Waals surface area (Å²) in [4.78, 5) is 12.3. The third-order valence-corrected chi connectivity index (χ3v) is 4.33. The predicted octanol–water partition coefficient (Wildman–Crippen LogP) is 3.91. The van der Waals surface area contributed by atoms with Crippen LogP contribution in [0.4, 0.5) is 18.9 Å². The molecule has 0 bridgehead atoms. The zero-order chi connectivity index (χ0) is 18.0. The van der Waals surface area contributed by atoms with Crippen molar-refractivity contribution in [3.05, 3.63) is 64.7 Å². The number of para-hydroxylation sites is 1. The van der Waals surface area contributed by atoms with Crippen LogP contribution in [0.3, 0.4) is 0 Å². The minimum Gasteiger partial charge on any atom is -0.324 e. The van der Waals surface area contributed by atoms with Gasteiger partial charge in [0.05, 0.1) is 11.3 Å². The smallest absolute Gasteiger partial charge is 0.324 e. The fourth-order valence-electron chi connectivity index (χ4n) is 2.75. The Kier molecular flexibility index (Phi) is 4.99. The van der Waals surface area contributed by atoms with Gasteiger partial charge in [-0.2, -0.15) is 13.2 Å². The molecule has 25 heavy (non-hydrogen) atoms. The van der Waals surface area contributed by atoms with E-state index < -0.39 is 23.7 Å². The highest BCUT2D eigenvalue weighted by molar-refractivity contribution is 6.31. The molecule has 0 spiro atoms. The van der Waals surface area contributed by atoms with Crippen molar-refractivity contribution < 1.29 is 18.0 Å². The summed E-state index contributed by atoms with van der Waals surface area (Å²) in [6, 6.07) is 11.2. The lowest BCUT2D eigenvalue weighted by Gasteiger charge is -2.15. The summed E-state index contributed by atoms with van der Waals surface area (Å²) < 4.78 is 39.0. The first kappa shape index (κ1) is 17.7. The Hall–Kier alpha value is -2.09. The topological polar surface area (TPSA) is 53.2 Å². The molecule has 0 aliphatic carbocycles. The van der Waals surface area contributed by atoms with Gasteiger partial charge in [0.25, 0.3) is 0 Å². The number of alkyl halides is 3. The quantitative estimate of drug-likeness (QED) is 0.769. The van der Waals surface area contributed by atoms with E-state index in [9.17, 15) is 18.0 Å². The van der Waals surface area contributed by atoms with Crippen molar-refractivity contribution in [2.24, 2.45) is 0 Å². The third kappa shape index (κ3) is 3.95. The molecule has 4 nitrogen and oxygen atoms in total. The van der Waals surface area contributed by atoms with E-state index in [0.29, 0.717) is 11.4 Å². The second kappa shape index (κ2) is 7.03. The van der Waals surface area contributed by atoms with Crippen molar-refractivity contribution in [2.75, 3.05) is 5.32 Å². The molecule has 1 amide bonds. The van der Waals surface area contributed by atoms with Crippen LogP contribution in [-0.2, 0) is 11.0 Å².